The van der Waals surface area contributed by atoms with E-state index in [0.29, 0.717) is 18.7 Å². The highest BCUT2D eigenvalue weighted by atomic mass is 35.5. The van der Waals surface area contributed by atoms with Gasteiger partial charge in [0.1, 0.15) is 0 Å². The van der Waals surface area contributed by atoms with Gasteiger partial charge in [0.2, 0.25) is 0 Å². The van der Waals surface area contributed by atoms with Crippen molar-refractivity contribution in [3.8, 4) is 0 Å². The van der Waals surface area contributed by atoms with Crippen molar-refractivity contribution in [2.24, 2.45) is 0 Å². The Morgan fingerprint density at radius 2 is 1.90 bits per heavy atom. The van der Waals surface area contributed by atoms with E-state index in [9.17, 15) is 13.2 Å². The Balaban J connectivity index is 1.73. The number of carbonyl (C=O) groups excluding carboxylic acids is 1. The van der Waals surface area contributed by atoms with Crippen LogP contribution in [0.5, 0.6) is 0 Å². The Labute approximate surface area is 175 Å². The molecule has 0 bridgehead atoms. The van der Waals surface area contributed by atoms with E-state index in [-0.39, 0.29) is 15.5 Å². The van der Waals surface area contributed by atoms with Crippen molar-refractivity contribution in [3.63, 3.8) is 0 Å². The zero-order valence-corrected chi connectivity index (χ0v) is 17.3. The van der Waals surface area contributed by atoms with Gasteiger partial charge in [-0.25, -0.2) is 8.42 Å². The van der Waals surface area contributed by atoms with E-state index in [0.717, 1.165) is 11.3 Å². The molecule has 3 rings (SSSR count). The smallest absolute Gasteiger partial charge is 0.261 e. The molecule has 0 unspecified atom stereocenters. The fourth-order valence-electron chi connectivity index (χ4n) is 2.71. The van der Waals surface area contributed by atoms with Gasteiger partial charge in [-0.05, 0) is 55.0 Å². The van der Waals surface area contributed by atoms with Gasteiger partial charge in [0.25, 0.3) is 15.9 Å². The molecule has 0 fully saturated rings. The topological polar surface area (TPSA) is 88.2 Å². The summed E-state index contributed by atoms with van der Waals surface area (Å²) in [5.74, 6) is -0.446. The molecule has 0 saturated heterocycles. The summed E-state index contributed by atoms with van der Waals surface area (Å²) in [5, 5.41) is 2.92. The summed E-state index contributed by atoms with van der Waals surface area (Å²) in [6, 6.07) is 16.6. The molecule has 0 aliphatic heterocycles. The number of nitrogens with one attached hydrogen (secondary N) is 2. The Kier molecular flexibility index (Phi) is 6.51. The number of hydrogen-bond acceptors (Lipinski definition) is 4. The molecule has 0 radical (unpaired) electrons. The van der Waals surface area contributed by atoms with Crippen LogP contribution in [0.1, 0.15) is 21.6 Å². The number of aryl methyl sites for hydroxylation is 1. The van der Waals surface area contributed by atoms with Gasteiger partial charge in [-0.3, -0.25) is 14.5 Å². The maximum Gasteiger partial charge on any atom is 0.261 e. The van der Waals surface area contributed by atoms with Crippen molar-refractivity contribution < 1.29 is 13.2 Å². The molecule has 2 aromatic carbocycles. The Morgan fingerprint density at radius 3 is 2.62 bits per heavy atom. The molecule has 6 nitrogen and oxygen atoms in total. The molecule has 150 valence electrons. The van der Waals surface area contributed by atoms with Gasteiger partial charge in [0.15, 0.2) is 0 Å². The highest BCUT2D eigenvalue weighted by Gasteiger charge is 2.19. The molecule has 0 aliphatic carbocycles. The first-order valence-corrected chi connectivity index (χ1v) is 10.8. The van der Waals surface area contributed by atoms with Crippen LogP contribution in [0.25, 0.3) is 0 Å². The summed E-state index contributed by atoms with van der Waals surface area (Å²) >= 11 is 6.13. The van der Waals surface area contributed by atoms with Crippen molar-refractivity contribution in [2.45, 2.75) is 18.2 Å². The number of sulfonamides is 1. The van der Waals surface area contributed by atoms with Crippen molar-refractivity contribution in [3.05, 3.63) is 88.7 Å². The minimum atomic E-state index is -3.86. The number of carbonyl (C=O) groups is 1. The van der Waals surface area contributed by atoms with E-state index in [4.69, 9.17) is 11.6 Å². The second-order valence-electron chi connectivity index (χ2n) is 6.44. The van der Waals surface area contributed by atoms with Gasteiger partial charge < -0.3 is 5.32 Å². The third-order valence-electron chi connectivity index (χ3n) is 4.16. The molecule has 29 heavy (non-hydrogen) atoms. The molecule has 0 aliphatic rings. The summed E-state index contributed by atoms with van der Waals surface area (Å²) < 4.78 is 27.9. The van der Waals surface area contributed by atoms with Gasteiger partial charge in [-0.2, -0.15) is 0 Å². The third kappa shape index (κ3) is 5.56. The number of aromatic nitrogens is 1. The van der Waals surface area contributed by atoms with Crippen LogP contribution in [0, 0.1) is 6.92 Å². The monoisotopic (exact) mass is 429 g/mol. The number of rotatable bonds is 7. The molecular formula is C21H20ClN3O3S. The number of nitrogens with zero attached hydrogens (tertiary/aromatic N) is 1. The zero-order valence-electron chi connectivity index (χ0n) is 15.7. The van der Waals surface area contributed by atoms with Gasteiger partial charge in [-0.15, -0.1) is 0 Å². The first-order chi connectivity index (χ1) is 13.8. The lowest BCUT2D eigenvalue weighted by atomic mass is 10.2. The lowest BCUT2D eigenvalue weighted by Gasteiger charge is -2.11. The van der Waals surface area contributed by atoms with Gasteiger partial charge in [-0.1, -0.05) is 29.8 Å². The molecule has 1 heterocycles. The molecule has 0 spiro atoms. The van der Waals surface area contributed by atoms with E-state index in [1.54, 1.807) is 24.4 Å². The minimum absolute atomic E-state index is 0.0433. The maximum atomic E-state index is 12.7. The quantitative estimate of drug-likeness (QED) is 0.597. The number of amides is 1. The maximum absolute atomic E-state index is 12.7. The molecule has 1 aromatic heterocycles. The fraction of sp³-hybridized carbons (Fsp3) is 0.143. The van der Waals surface area contributed by atoms with E-state index < -0.39 is 15.9 Å². The molecule has 2 N–H and O–H groups in total. The molecule has 3 aromatic rings. The number of pyridine rings is 1. The average molecular weight is 430 g/mol. The Hall–Kier alpha value is -2.90. The summed E-state index contributed by atoms with van der Waals surface area (Å²) in [6.07, 6.45) is 2.24. The molecule has 8 heteroatoms. The van der Waals surface area contributed by atoms with E-state index in [2.05, 4.69) is 15.0 Å². The fourth-order valence-corrected chi connectivity index (χ4v) is 3.99. The standard InChI is InChI=1S/C21H20ClN3O3S/c1-15-5-4-7-17(13-15)25-29(27,28)18-8-9-20(22)19(14-18)21(26)24-12-10-16-6-2-3-11-23-16/h2-9,11,13-14,25H,10,12H2,1H3,(H,24,26). The molecule has 0 atom stereocenters. The van der Waals surface area contributed by atoms with Crippen molar-refractivity contribution in [1.82, 2.24) is 10.3 Å². The SMILES string of the molecule is Cc1cccc(NS(=O)(=O)c2ccc(Cl)c(C(=O)NCCc3ccccn3)c2)c1. The van der Waals surface area contributed by atoms with Gasteiger partial charge >= 0.3 is 0 Å². The summed E-state index contributed by atoms with van der Waals surface area (Å²) in [7, 11) is -3.86. The van der Waals surface area contributed by atoms with Crippen LogP contribution in [-0.2, 0) is 16.4 Å². The molecule has 1 amide bonds. The van der Waals surface area contributed by atoms with Gasteiger partial charge in [0.05, 0.1) is 15.5 Å². The number of halogens is 1. The third-order valence-corrected chi connectivity index (χ3v) is 5.86. The highest BCUT2D eigenvalue weighted by Crippen LogP contribution is 2.23. The summed E-state index contributed by atoms with van der Waals surface area (Å²) in [6.45, 7) is 2.22. The largest absolute Gasteiger partial charge is 0.352 e. The van der Waals surface area contributed by atoms with Gasteiger partial charge in [0, 0.05) is 30.5 Å². The van der Waals surface area contributed by atoms with Crippen LogP contribution < -0.4 is 10.0 Å². The first kappa shape index (κ1) is 20.8. The normalized spacial score (nSPS) is 11.1. The van der Waals surface area contributed by atoms with Crippen molar-refractivity contribution >= 4 is 33.2 Å². The van der Waals surface area contributed by atoms with Crippen LogP contribution in [-0.4, -0.2) is 25.9 Å². The van der Waals surface area contributed by atoms with Crippen LogP contribution in [0.15, 0.2) is 71.8 Å². The lowest BCUT2D eigenvalue weighted by Crippen LogP contribution is -2.26. The highest BCUT2D eigenvalue weighted by molar-refractivity contribution is 7.92. The lowest BCUT2D eigenvalue weighted by molar-refractivity contribution is 0.0954. The van der Waals surface area contributed by atoms with Crippen molar-refractivity contribution in [2.75, 3.05) is 11.3 Å². The van der Waals surface area contributed by atoms with E-state index in [1.807, 2.05) is 31.2 Å². The Bertz CT molecular complexity index is 1120. The average Bonchev–Trinajstić information content (AvgIpc) is 2.68. The van der Waals surface area contributed by atoms with Crippen LogP contribution in [0.3, 0.4) is 0 Å². The van der Waals surface area contributed by atoms with E-state index >= 15 is 0 Å². The summed E-state index contributed by atoms with van der Waals surface area (Å²) in [4.78, 5) is 16.7. The number of benzene rings is 2. The number of anilines is 1. The summed E-state index contributed by atoms with van der Waals surface area (Å²) in [5.41, 5.74) is 2.31. The molecular weight excluding hydrogens is 410 g/mol. The Morgan fingerprint density at radius 1 is 1.07 bits per heavy atom. The second kappa shape index (κ2) is 9.07. The predicted molar refractivity (Wildman–Crippen MR) is 114 cm³/mol. The first-order valence-electron chi connectivity index (χ1n) is 8.92. The van der Waals surface area contributed by atoms with Crippen molar-refractivity contribution in [1.29, 1.82) is 0 Å². The molecule has 0 saturated carbocycles. The van der Waals surface area contributed by atoms with E-state index in [1.165, 1.54) is 18.2 Å². The van der Waals surface area contributed by atoms with Crippen LogP contribution in [0.2, 0.25) is 5.02 Å². The van der Waals surface area contributed by atoms with Crippen LogP contribution >= 0.6 is 11.6 Å². The zero-order chi connectivity index (χ0) is 20.9. The minimum Gasteiger partial charge on any atom is -0.352 e. The predicted octanol–water partition coefficient (Wildman–Crippen LogP) is 3.82. The number of hydrogen-bond donors (Lipinski definition) is 2. The van der Waals surface area contributed by atoms with Crippen LogP contribution in [0.4, 0.5) is 5.69 Å². The second-order valence-corrected chi connectivity index (χ2v) is 8.53.